The molecule has 1 aliphatic carbocycles. The molecule has 0 saturated carbocycles. The molecular weight excluding hydrogens is 801 g/mol. The normalized spacial score (nSPS) is 14.6. The van der Waals surface area contributed by atoms with E-state index in [0.29, 0.717) is 0 Å². The van der Waals surface area contributed by atoms with Gasteiger partial charge in [0.1, 0.15) is 29.5 Å². The Balaban J connectivity index is 1.86. The zero-order valence-corrected chi connectivity index (χ0v) is 37.9. The standard InChI is InChI=1S/C47H64N2O13/c1-27(2)33(43(56)49-36(44(57)58)25-41(54)62-47(9,10)11)24-37(50)35(20-21-38(51)60-45(3,4)5)48-42(55)28(23-40(53)61-46(6,7)8)22-39(52)59-26-34-31-18-14-12-16-29(31)30-17-13-15-19-32(30)34/h12-19,27-28,33-36H,20-26H2,1-11H3,(H,48,55)(H,49,56)(H,57,58)/t28-,33+,35+,36-/m1/s1. The molecule has 0 heterocycles. The van der Waals surface area contributed by atoms with Gasteiger partial charge in [-0.2, -0.15) is 0 Å². The van der Waals surface area contributed by atoms with Gasteiger partial charge in [-0.1, -0.05) is 62.4 Å². The van der Waals surface area contributed by atoms with E-state index < -0.39 is 120 Å². The molecule has 2 aromatic rings. The van der Waals surface area contributed by atoms with Crippen LogP contribution in [0.2, 0.25) is 0 Å². The summed E-state index contributed by atoms with van der Waals surface area (Å²) >= 11 is 0. The minimum Gasteiger partial charge on any atom is -0.480 e. The molecule has 3 N–H and O–H groups in total. The SMILES string of the molecule is CC(C)[C@H](CC(=O)[C@H](CCC(=O)OC(C)(C)C)NC(=O)[C@H](CC(=O)OCC1c2ccccc2-c2ccccc21)CC(=O)OC(C)(C)C)C(=O)N[C@H](CC(=O)OC(C)(C)C)C(=O)O. The molecule has 4 atom stereocenters. The van der Waals surface area contributed by atoms with Gasteiger partial charge in [0, 0.05) is 24.7 Å². The topological polar surface area (TPSA) is 218 Å². The van der Waals surface area contributed by atoms with Crippen LogP contribution in [0, 0.1) is 17.8 Å². The van der Waals surface area contributed by atoms with Crippen molar-refractivity contribution in [2.75, 3.05) is 6.61 Å². The van der Waals surface area contributed by atoms with Crippen molar-refractivity contribution in [1.29, 1.82) is 0 Å². The smallest absolute Gasteiger partial charge is 0.326 e. The summed E-state index contributed by atoms with van der Waals surface area (Å²) in [6.45, 7) is 18.0. The summed E-state index contributed by atoms with van der Waals surface area (Å²) in [5.74, 6) is -10.3. The second-order valence-electron chi connectivity index (χ2n) is 19.0. The van der Waals surface area contributed by atoms with E-state index in [9.17, 15) is 43.5 Å². The fourth-order valence-corrected chi connectivity index (χ4v) is 6.99. The van der Waals surface area contributed by atoms with Gasteiger partial charge in [-0.15, -0.1) is 0 Å². The van der Waals surface area contributed by atoms with Crippen LogP contribution in [0.1, 0.15) is 132 Å². The van der Waals surface area contributed by atoms with Gasteiger partial charge in [-0.25, -0.2) is 4.79 Å². The monoisotopic (exact) mass is 864 g/mol. The van der Waals surface area contributed by atoms with Crippen molar-refractivity contribution in [2.24, 2.45) is 17.8 Å². The third-order valence-electron chi connectivity index (χ3n) is 9.72. The lowest BCUT2D eigenvalue weighted by Crippen LogP contribution is -2.49. The minimum atomic E-state index is -1.66. The lowest BCUT2D eigenvalue weighted by atomic mass is 9.86. The molecule has 15 heteroatoms. The number of hydrogen-bond acceptors (Lipinski definition) is 12. The molecule has 0 unspecified atom stereocenters. The average molecular weight is 865 g/mol. The summed E-state index contributed by atoms with van der Waals surface area (Å²) in [6, 6.07) is 12.5. The molecule has 0 saturated heterocycles. The highest BCUT2D eigenvalue weighted by Crippen LogP contribution is 2.44. The van der Waals surface area contributed by atoms with Crippen molar-refractivity contribution in [3.63, 3.8) is 0 Å². The number of ether oxygens (including phenoxy) is 4. The first kappa shape index (κ1) is 50.8. The molecule has 0 bridgehead atoms. The molecule has 0 aliphatic heterocycles. The molecule has 0 fully saturated rings. The fraction of sp³-hybridized carbons (Fsp3) is 0.574. The van der Waals surface area contributed by atoms with E-state index in [4.69, 9.17) is 18.9 Å². The Kier molecular flexibility index (Phi) is 17.6. The van der Waals surface area contributed by atoms with Gasteiger partial charge in [-0.05, 0) is 96.9 Å². The fourth-order valence-electron chi connectivity index (χ4n) is 6.99. The number of benzene rings is 2. The molecule has 3 rings (SSSR count). The maximum atomic E-state index is 14.1. The zero-order chi connectivity index (χ0) is 46.7. The third kappa shape index (κ3) is 16.4. The number of fused-ring (bicyclic) bond motifs is 3. The van der Waals surface area contributed by atoms with Crippen LogP contribution in [0.5, 0.6) is 0 Å². The van der Waals surface area contributed by atoms with Crippen molar-refractivity contribution in [3.05, 3.63) is 59.7 Å². The summed E-state index contributed by atoms with van der Waals surface area (Å²) < 4.78 is 21.9. The van der Waals surface area contributed by atoms with Crippen LogP contribution in [-0.4, -0.2) is 88.0 Å². The first-order valence-corrected chi connectivity index (χ1v) is 21.0. The first-order valence-electron chi connectivity index (χ1n) is 21.0. The van der Waals surface area contributed by atoms with Gasteiger partial charge in [0.25, 0.3) is 0 Å². The number of carboxylic acid groups (broad SMARTS) is 1. The largest absolute Gasteiger partial charge is 0.480 e. The van der Waals surface area contributed by atoms with E-state index in [-0.39, 0.29) is 25.4 Å². The van der Waals surface area contributed by atoms with Crippen molar-refractivity contribution in [2.45, 2.75) is 149 Å². The molecule has 340 valence electrons. The van der Waals surface area contributed by atoms with E-state index >= 15 is 0 Å². The van der Waals surface area contributed by atoms with E-state index in [0.717, 1.165) is 22.3 Å². The summed E-state index contributed by atoms with van der Waals surface area (Å²) in [5, 5.41) is 14.8. The molecule has 15 nitrogen and oxygen atoms in total. The Hall–Kier alpha value is -5.60. The minimum absolute atomic E-state index is 0.0379. The van der Waals surface area contributed by atoms with Crippen molar-refractivity contribution >= 4 is 47.4 Å². The van der Waals surface area contributed by atoms with Crippen LogP contribution in [0.15, 0.2) is 48.5 Å². The zero-order valence-electron chi connectivity index (χ0n) is 37.9. The van der Waals surface area contributed by atoms with Crippen LogP contribution in [-0.2, 0) is 57.3 Å². The lowest BCUT2D eigenvalue weighted by molar-refractivity contribution is -0.159. The number of carboxylic acids is 1. The predicted molar refractivity (Wildman–Crippen MR) is 228 cm³/mol. The number of rotatable bonds is 20. The lowest BCUT2D eigenvalue weighted by Gasteiger charge is -2.27. The van der Waals surface area contributed by atoms with Gasteiger partial charge in [0.2, 0.25) is 11.8 Å². The number of amides is 2. The Morgan fingerprint density at radius 2 is 1.05 bits per heavy atom. The molecule has 1 aliphatic rings. The number of esters is 4. The highest BCUT2D eigenvalue weighted by atomic mass is 16.6. The second-order valence-corrected chi connectivity index (χ2v) is 19.0. The Labute approximate surface area is 364 Å². The maximum absolute atomic E-state index is 14.1. The number of aliphatic carboxylic acids is 1. The Bertz CT molecular complexity index is 1920. The number of ketones is 1. The number of carbonyl (C=O) groups is 8. The third-order valence-corrected chi connectivity index (χ3v) is 9.72. The van der Waals surface area contributed by atoms with Crippen LogP contribution in [0.4, 0.5) is 0 Å². The Morgan fingerprint density at radius 3 is 1.53 bits per heavy atom. The van der Waals surface area contributed by atoms with Crippen LogP contribution in [0.3, 0.4) is 0 Å². The van der Waals surface area contributed by atoms with Gasteiger partial charge >= 0.3 is 29.8 Å². The van der Waals surface area contributed by atoms with Gasteiger partial charge in [0.15, 0.2) is 5.78 Å². The van der Waals surface area contributed by atoms with Crippen LogP contribution in [0.25, 0.3) is 11.1 Å². The van der Waals surface area contributed by atoms with Crippen molar-refractivity contribution in [3.8, 4) is 11.1 Å². The first-order chi connectivity index (χ1) is 28.6. The Morgan fingerprint density at radius 1 is 0.597 bits per heavy atom. The maximum Gasteiger partial charge on any atom is 0.326 e. The number of nitrogens with one attached hydrogen (secondary N) is 2. The summed E-state index contributed by atoms with van der Waals surface area (Å²) in [7, 11) is 0. The van der Waals surface area contributed by atoms with Gasteiger partial charge < -0.3 is 34.7 Å². The molecule has 2 amide bonds. The molecular formula is C47H64N2O13. The van der Waals surface area contributed by atoms with E-state index in [1.165, 1.54) is 0 Å². The van der Waals surface area contributed by atoms with Crippen molar-refractivity contribution in [1.82, 2.24) is 10.6 Å². The summed E-state index contributed by atoms with van der Waals surface area (Å²) in [5.41, 5.74) is 1.31. The van der Waals surface area contributed by atoms with Crippen LogP contribution < -0.4 is 10.6 Å². The molecule has 0 radical (unpaired) electrons. The van der Waals surface area contributed by atoms with Crippen LogP contribution >= 0.6 is 0 Å². The van der Waals surface area contributed by atoms with Gasteiger partial charge in [-0.3, -0.25) is 33.6 Å². The quantitative estimate of drug-likeness (QED) is 0.0996. The van der Waals surface area contributed by atoms with Crippen molar-refractivity contribution < 1.29 is 62.4 Å². The number of hydrogen-bond donors (Lipinski definition) is 3. The van der Waals surface area contributed by atoms with E-state index in [1.807, 2.05) is 48.5 Å². The molecule has 62 heavy (non-hydrogen) atoms. The molecule has 0 aromatic heterocycles. The summed E-state index contributed by atoms with van der Waals surface area (Å²) in [4.78, 5) is 106. The molecule has 2 aromatic carbocycles. The second kappa shape index (κ2) is 21.5. The number of Topliss-reactive ketones (excluding diaryl/α,β-unsaturated/α-hetero) is 1. The number of carbonyl (C=O) groups excluding carboxylic acids is 7. The average Bonchev–Trinajstić information content (AvgIpc) is 3.44. The van der Waals surface area contributed by atoms with E-state index in [1.54, 1.807) is 76.2 Å². The predicted octanol–water partition coefficient (Wildman–Crippen LogP) is 6.22. The molecule has 0 spiro atoms. The van der Waals surface area contributed by atoms with E-state index in [2.05, 4.69) is 10.6 Å². The summed E-state index contributed by atoms with van der Waals surface area (Å²) in [6.07, 6.45) is -2.89. The highest BCUT2D eigenvalue weighted by Gasteiger charge is 2.37. The van der Waals surface area contributed by atoms with Gasteiger partial charge in [0.05, 0.1) is 31.2 Å². The highest BCUT2D eigenvalue weighted by molar-refractivity contribution is 5.96.